The van der Waals surface area contributed by atoms with Crippen molar-refractivity contribution in [2.75, 3.05) is 12.9 Å². The van der Waals surface area contributed by atoms with Gasteiger partial charge in [-0.2, -0.15) is 0 Å². The molecule has 0 bridgehead atoms. The van der Waals surface area contributed by atoms with Crippen LogP contribution in [0.2, 0.25) is 0 Å². The van der Waals surface area contributed by atoms with E-state index in [0.717, 1.165) is 5.56 Å². The van der Waals surface area contributed by atoms with Gasteiger partial charge in [-0.25, -0.2) is 0 Å². The number of carbonyl (C=O) groups is 1. The molecule has 0 aliphatic rings. The van der Waals surface area contributed by atoms with Gasteiger partial charge in [-0.1, -0.05) is 38.1 Å². The molecule has 0 aromatic heterocycles. The number of hydrogen-bond donors (Lipinski definition) is 0. The van der Waals surface area contributed by atoms with E-state index in [4.69, 9.17) is 11.6 Å². The highest BCUT2D eigenvalue weighted by Crippen LogP contribution is 2.16. The summed E-state index contributed by atoms with van der Waals surface area (Å²) in [6.45, 7) is 4.94. The Bertz CT molecular complexity index is 363. The molecule has 0 fully saturated rings. The fourth-order valence-corrected chi connectivity index (χ4v) is 1.72. The topological polar surface area (TPSA) is 20.3 Å². The molecule has 0 N–H and O–H groups in total. The van der Waals surface area contributed by atoms with Gasteiger partial charge in [-0.3, -0.25) is 4.79 Å². The molecule has 1 amide bonds. The molecular formula is C13H18ClNO. The van der Waals surface area contributed by atoms with Crippen LogP contribution in [0.15, 0.2) is 24.3 Å². The van der Waals surface area contributed by atoms with E-state index in [-0.39, 0.29) is 11.8 Å². The number of alkyl halides is 1. The maximum atomic E-state index is 11.3. The molecule has 0 heterocycles. The third kappa shape index (κ3) is 3.53. The van der Waals surface area contributed by atoms with Crippen molar-refractivity contribution < 1.29 is 4.79 Å². The molecule has 0 radical (unpaired) electrons. The highest BCUT2D eigenvalue weighted by Gasteiger charge is 2.08. The van der Waals surface area contributed by atoms with Crippen LogP contribution in [0, 0.1) is 0 Å². The number of rotatable bonds is 4. The van der Waals surface area contributed by atoms with Gasteiger partial charge in [0.1, 0.15) is 5.88 Å². The van der Waals surface area contributed by atoms with Crippen molar-refractivity contribution in [2.45, 2.75) is 26.3 Å². The Kier molecular flexibility index (Phi) is 4.81. The molecule has 0 unspecified atom stereocenters. The Labute approximate surface area is 102 Å². The molecule has 88 valence electrons. The normalized spacial score (nSPS) is 10.6. The zero-order chi connectivity index (χ0) is 12.1. The summed E-state index contributed by atoms with van der Waals surface area (Å²) in [5.41, 5.74) is 2.44. The number of halogens is 1. The summed E-state index contributed by atoms with van der Waals surface area (Å²) < 4.78 is 0. The van der Waals surface area contributed by atoms with E-state index in [0.29, 0.717) is 12.5 Å². The van der Waals surface area contributed by atoms with Gasteiger partial charge in [0.15, 0.2) is 0 Å². The molecule has 1 rings (SSSR count). The molecule has 0 saturated heterocycles. The smallest absolute Gasteiger partial charge is 0.237 e. The molecule has 1 aromatic rings. The van der Waals surface area contributed by atoms with Crippen LogP contribution in [0.4, 0.5) is 0 Å². The van der Waals surface area contributed by atoms with Crippen LogP contribution in [-0.4, -0.2) is 23.7 Å². The van der Waals surface area contributed by atoms with Crippen LogP contribution in [0.25, 0.3) is 0 Å². The first kappa shape index (κ1) is 13.0. The fraction of sp³-hybridized carbons (Fsp3) is 0.462. The van der Waals surface area contributed by atoms with Crippen molar-refractivity contribution in [2.24, 2.45) is 0 Å². The van der Waals surface area contributed by atoms with Crippen LogP contribution in [-0.2, 0) is 11.3 Å². The van der Waals surface area contributed by atoms with Crippen molar-refractivity contribution in [1.29, 1.82) is 0 Å². The van der Waals surface area contributed by atoms with E-state index in [9.17, 15) is 4.79 Å². The molecule has 3 heteroatoms. The second-order valence-corrected chi connectivity index (χ2v) is 4.55. The summed E-state index contributed by atoms with van der Waals surface area (Å²) in [7, 11) is 1.77. The van der Waals surface area contributed by atoms with Gasteiger partial charge >= 0.3 is 0 Å². The van der Waals surface area contributed by atoms with E-state index >= 15 is 0 Å². The molecule has 0 aliphatic carbocycles. The van der Waals surface area contributed by atoms with Crippen LogP contribution in [0.1, 0.15) is 30.9 Å². The largest absolute Gasteiger partial charge is 0.340 e. The Morgan fingerprint density at radius 1 is 1.44 bits per heavy atom. The second kappa shape index (κ2) is 5.90. The fourth-order valence-electron chi connectivity index (χ4n) is 1.51. The number of amides is 1. The summed E-state index contributed by atoms with van der Waals surface area (Å²) in [5.74, 6) is 0.506. The Balaban J connectivity index is 2.74. The number of hydrogen-bond acceptors (Lipinski definition) is 1. The van der Waals surface area contributed by atoms with Gasteiger partial charge < -0.3 is 4.90 Å². The SMILES string of the molecule is CC(C)c1cccc(CN(C)C(=O)CCl)c1. The summed E-state index contributed by atoms with van der Waals surface area (Å²) in [6, 6.07) is 8.31. The van der Waals surface area contributed by atoms with Crippen LogP contribution in [0.3, 0.4) is 0 Å². The zero-order valence-corrected chi connectivity index (χ0v) is 10.8. The molecule has 1 aromatic carbocycles. The number of carbonyl (C=O) groups excluding carboxylic acids is 1. The first-order chi connectivity index (χ1) is 7.54. The minimum atomic E-state index is -0.0448. The van der Waals surface area contributed by atoms with Crippen LogP contribution >= 0.6 is 11.6 Å². The molecule has 0 spiro atoms. The predicted octanol–water partition coefficient (Wildman–Crippen LogP) is 3.01. The summed E-state index contributed by atoms with van der Waals surface area (Å²) in [4.78, 5) is 13.0. The highest BCUT2D eigenvalue weighted by atomic mass is 35.5. The van der Waals surface area contributed by atoms with E-state index in [1.54, 1.807) is 11.9 Å². The quantitative estimate of drug-likeness (QED) is 0.740. The van der Waals surface area contributed by atoms with Gasteiger partial charge in [-0.05, 0) is 17.0 Å². The van der Waals surface area contributed by atoms with Gasteiger partial charge in [0, 0.05) is 13.6 Å². The van der Waals surface area contributed by atoms with Gasteiger partial charge in [0.25, 0.3) is 0 Å². The Morgan fingerprint density at radius 2 is 2.12 bits per heavy atom. The lowest BCUT2D eigenvalue weighted by Gasteiger charge is -2.16. The molecule has 0 atom stereocenters. The van der Waals surface area contributed by atoms with Gasteiger partial charge in [0.2, 0.25) is 5.91 Å². The minimum absolute atomic E-state index is 0.0420. The minimum Gasteiger partial charge on any atom is -0.340 e. The van der Waals surface area contributed by atoms with E-state index in [1.165, 1.54) is 5.56 Å². The van der Waals surface area contributed by atoms with E-state index in [2.05, 4.69) is 26.0 Å². The van der Waals surface area contributed by atoms with E-state index in [1.807, 2.05) is 12.1 Å². The van der Waals surface area contributed by atoms with Crippen molar-refractivity contribution in [1.82, 2.24) is 4.90 Å². The average molecular weight is 240 g/mol. The summed E-state index contributed by atoms with van der Waals surface area (Å²) >= 11 is 5.50. The summed E-state index contributed by atoms with van der Waals surface area (Å²) in [5, 5.41) is 0. The maximum Gasteiger partial charge on any atom is 0.237 e. The van der Waals surface area contributed by atoms with Gasteiger partial charge in [-0.15, -0.1) is 11.6 Å². The standard InChI is InChI=1S/C13H18ClNO/c1-10(2)12-6-4-5-11(7-12)9-15(3)13(16)8-14/h4-7,10H,8-9H2,1-3H3. The number of nitrogens with zero attached hydrogens (tertiary/aromatic N) is 1. The van der Waals surface area contributed by atoms with Crippen molar-refractivity contribution >= 4 is 17.5 Å². The molecular weight excluding hydrogens is 222 g/mol. The van der Waals surface area contributed by atoms with Crippen molar-refractivity contribution in [3.05, 3.63) is 35.4 Å². The first-order valence-corrected chi connectivity index (χ1v) is 5.96. The third-order valence-corrected chi connectivity index (χ3v) is 2.81. The molecule has 2 nitrogen and oxygen atoms in total. The Morgan fingerprint density at radius 3 is 2.69 bits per heavy atom. The molecule has 0 saturated carbocycles. The highest BCUT2D eigenvalue weighted by molar-refractivity contribution is 6.27. The lowest BCUT2D eigenvalue weighted by atomic mass is 10.0. The predicted molar refractivity (Wildman–Crippen MR) is 67.7 cm³/mol. The second-order valence-electron chi connectivity index (χ2n) is 4.28. The van der Waals surface area contributed by atoms with Gasteiger partial charge in [0.05, 0.1) is 0 Å². The average Bonchev–Trinajstić information content (AvgIpc) is 2.28. The monoisotopic (exact) mass is 239 g/mol. The van der Waals surface area contributed by atoms with Crippen LogP contribution in [0.5, 0.6) is 0 Å². The summed E-state index contributed by atoms with van der Waals surface area (Å²) in [6.07, 6.45) is 0. The zero-order valence-electron chi connectivity index (χ0n) is 10.0. The molecule has 0 aliphatic heterocycles. The van der Waals surface area contributed by atoms with Crippen molar-refractivity contribution in [3.8, 4) is 0 Å². The lowest BCUT2D eigenvalue weighted by Crippen LogP contribution is -2.27. The molecule has 16 heavy (non-hydrogen) atoms. The lowest BCUT2D eigenvalue weighted by molar-refractivity contribution is -0.127. The van der Waals surface area contributed by atoms with Crippen LogP contribution < -0.4 is 0 Å². The Hall–Kier alpha value is -1.02. The van der Waals surface area contributed by atoms with Crippen molar-refractivity contribution in [3.63, 3.8) is 0 Å². The van der Waals surface area contributed by atoms with E-state index < -0.39 is 0 Å². The third-order valence-electron chi connectivity index (χ3n) is 2.58. The number of benzene rings is 1. The maximum absolute atomic E-state index is 11.3. The first-order valence-electron chi connectivity index (χ1n) is 5.43.